The van der Waals surface area contributed by atoms with Crippen LogP contribution in [0, 0.1) is 0 Å². The first kappa shape index (κ1) is 14.9. The highest BCUT2D eigenvalue weighted by molar-refractivity contribution is 5.94. The molecule has 1 heterocycles. The fraction of sp³-hybridized carbons (Fsp3) is 0.462. The van der Waals surface area contributed by atoms with Crippen molar-refractivity contribution in [3.8, 4) is 0 Å². The summed E-state index contributed by atoms with van der Waals surface area (Å²) in [5.41, 5.74) is 0.223. The molecule has 0 saturated heterocycles. The Hall–Kier alpha value is -2.11. The fourth-order valence-corrected chi connectivity index (χ4v) is 1.47. The van der Waals surface area contributed by atoms with Crippen LogP contribution < -0.4 is 5.32 Å². The van der Waals surface area contributed by atoms with Crippen molar-refractivity contribution in [2.45, 2.75) is 39.3 Å². The molecule has 104 valence electrons. The van der Waals surface area contributed by atoms with Crippen LogP contribution in [0.2, 0.25) is 0 Å². The molecule has 0 saturated carbocycles. The van der Waals surface area contributed by atoms with Crippen LogP contribution in [0.1, 0.15) is 43.7 Å². The van der Waals surface area contributed by atoms with Crippen molar-refractivity contribution in [2.75, 3.05) is 0 Å². The zero-order valence-corrected chi connectivity index (χ0v) is 11.3. The smallest absolute Gasteiger partial charge is 0.326 e. The maximum atomic E-state index is 11.9. The summed E-state index contributed by atoms with van der Waals surface area (Å²) in [7, 11) is 0. The lowest BCUT2D eigenvalue weighted by Gasteiger charge is -2.11. The zero-order valence-electron chi connectivity index (χ0n) is 11.3. The van der Waals surface area contributed by atoms with Gasteiger partial charge in [0, 0.05) is 12.2 Å². The monoisotopic (exact) mass is 265 g/mol. The Bertz CT molecular complexity index is 477. The molecule has 0 aliphatic heterocycles. The predicted octanol–water partition coefficient (Wildman–Crippen LogP) is 1.61. The highest BCUT2D eigenvalue weighted by atomic mass is 16.4. The molecular formula is C13H19N3O3. The summed E-state index contributed by atoms with van der Waals surface area (Å²) in [5, 5.41) is 15.6. The van der Waals surface area contributed by atoms with Crippen molar-refractivity contribution < 1.29 is 14.7 Å². The first-order chi connectivity index (χ1) is 8.95. The van der Waals surface area contributed by atoms with Crippen LogP contribution in [0.3, 0.4) is 0 Å². The SMILES string of the molecule is C/C=C/CC(NC(=O)c1ccn(C(C)C)n1)C(=O)O. The summed E-state index contributed by atoms with van der Waals surface area (Å²) in [4.78, 5) is 22.9. The Labute approximate surface area is 112 Å². The number of allylic oxidation sites excluding steroid dienone is 1. The number of hydrogen-bond donors (Lipinski definition) is 2. The van der Waals surface area contributed by atoms with Gasteiger partial charge in [0.2, 0.25) is 0 Å². The number of aliphatic carboxylic acids is 1. The second-order valence-electron chi connectivity index (χ2n) is 4.44. The molecule has 1 unspecified atom stereocenters. The lowest BCUT2D eigenvalue weighted by atomic mass is 10.2. The van der Waals surface area contributed by atoms with Crippen molar-refractivity contribution in [1.82, 2.24) is 15.1 Å². The summed E-state index contributed by atoms with van der Waals surface area (Å²) < 4.78 is 1.65. The molecule has 1 amide bonds. The van der Waals surface area contributed by atoms with E-state index in [1.807, 2.05) is 13.8 Å². The summed E-state index contributed by atoms with van der Waals surface area (Å²) in [6.45, 7) is 5.69. The van der Waals surface area contributed by atoms with E-state index < -0.39 is 17.9 Å². The molecule has 0 bridgehead atoms. The predicted molar refractivity (Wildman–Crippen MR) is 70.9 cm³/mol. The molecule has 6 nitrogen and oxygen atoms in total. The number of amides is 1. The summed E-state index contributed by atoms with van der Waals surface area (Å²) >= 11 is 0. The van der Waals surface area contributed by atoms with Crippen LogP contribution in [0.4, 0.5) is 0 Å². The number of carboxylic acid groups (broad SMARTS) is 1. The number of rotatable bonds is 6. The maximum absolute atomic E-state index is 11.9. The van der Waals surface area contributed by atoms with Gasteiger partial charge in [0.15, 0.2) is 0 Å². The Kier molecular flexibility index (Phi) is 5.29. The van der Waals surface area contributed by atoms with E-state index in [4.69, 9.17) is 5.11 Å². The molecule has 6 heteroatoms. The molecule has 1 rings (SSSR count). The van der Waals surface area contributed by atoms with Crippen molar-refractivity contribution in [2.24, 2.45) is 0 Å². The average Bonchev–Trinajstić information content (AvgIpc) is 2.83. The van der Waals surface area contributed by atoms with Gasteiger partial charge in [-0.15, -0.1) is 0 Å². The second-order valence-corrected chi connectivity index (χ2v) is 4.44. The summed E-state index contributed by atoms with van der Waals surface area (Å²) in [5.74, 6) is -1.54. The zero-order chi connectivity index (χ0) is 14.4. The van der Waals surface area contributed by atoms with Crippen molar-refractivity contribution in [3.63, 3.8) is 0 Å². The molecule has 0 spiro atoms. The molecule has 19 heavy (non-hydrogen) atoms. The van der Waals surface area contributed by atoms with E-state index in [9.17, 15) is 9.59 Å². The number of carbonyl (C=O) groups is 2. The standard InChI is InChI=1S/C13H19N3O3/c1-4-5-6-11(13(18)19)14-12(17)10-7-8-16(15-10)9(2)3/h4-5,7-9,11H,6H2,1-3H3,(H,14,17)(H,18,19)/b5-4+. The van der Waals surface area contributed by atoms with Crippen LogP contribution in [0.15, 0.2) is 24.4 Å². The molecule has 1 aromatic rings. The maximum Gasteiger partial charge on any atom is 0.326 e. The number of aromatic nitrogens is 2. The number of carbonyl (C=O) groups excluding carboxylic acids is 1. The lowest BCUT2D eigenvalue weighted by molar-refractivity contribution is -0.139. The first-order valence-electron chi connectivity index (χ1n) is 6.15. The Balaban J connectivity index is 2.72. The Morgan fingerprint density at radius 3 is 2.68 bits per heavy atom. The minimum Gasteiger partial charge on any atom is -0.480 e. The molecular weight excluding hydrogens is 246 g/mol. The van der Waals surface area contributed by atoms with Crippen LogP contribution in [0.25, 0.3) is 0 Å². The number of carboxylic acids is 1. The van der Waals surface area contributed by atoms with E-state index in [0.29, 0.717) is 0 Å². The summed E-state index contributed by atoms with van der Waals surface area (Å²) in [6, 6.07) is 0.789. The molecule has 0 radical (unpaired) electrons. The molecule has 0 fully saturated rings. The van der Waals surface area contributed by atoms with Gasteiger partial charge in [-0.1, -0.05) is 12.2 Å². The third-order valence-corrected chi connectivity index (χ3v) is 2.58. The molecule has 2 N–H and O–H groups in total. The van der Waals surface area contributed by atoms with E-state index in [2.05, 4.69) is 10.4 Å². The molecule has 0 aliphatic rings. The van der Waals surface area contributed by atoms with Crippen LogP contribution in [0.5, 0.6) is 0 Å². The van der Waals surface area contributed by atoms with Crippen LogP contribution in [-0.2, 0) is 4.79 Å². The lowest BCUT2D eigenvalue weighted by Crippen LogP contribution is -2.40. The minimum absolute atomic E-state index is 0.153. The third-order valence-electron chi connectivity index (χ3n) is 2.58. The van der Waals surface area contributed by atoms with E-state index in [-0.39, 0.29) is 18.2 Å². The fourth-order valence-electron chi connectivity index (χ4n) is 1.47. The van der Waals surface area contributed by atoms with E-state index >= 15 is 0 Å². The van der Waals surface area contributed by atoms with Gasteiger partial charge in [-0.25, -0.2) is 4.79 Å². The van der Waals surface area contributed by atoms with Gasteiger partial charge >= 0.3 is 5.97 Å². The molecule has 0 aliphatic carbocycles. The Morgan fingerprint density at radius 2 is 2.21 bits per heavy atom. The topological polar surface area (TPSA) is 84.2 Å². The van der Waals surface area contributed by atoms with Gasteiger partial charge in [0.25, 0.3) is 5.91 Å². The van der Waals surface area contributed by atoms with Gasteiger partial charge in [0.1, 0.15) is 11.7 Å². The highest BCUT2D eigenvalue weighted by Gasteiger charge is 2.20. The molecule has 1 aromatic heterocycles. The minimum atomic E-state index is -1.06. The van der Waals surface area contributed by atoms with Crippen LogP contribution in [-0.4, -0.2) is 32.8 Å². The van der Waals surface area contributed by atoms with Gasteiger partial charge in [-0.3, -0.25) is 9.48 Å². The largest absolute Gasteiger partial charge is 0.480 e. The van der Waals surface area contributed by atoms with Crippen LogP contribution >= 0.6 is 0 Å². The number of hydrogen-bond acceptors (Lipinski definition) is 3. The molecule has 1 atom stereocenters. The summed E-state index contributed by atoms with van der Waals surface area (Å²) in [6.07, 6.45) is 5.39. The normalized spacial score (nSPS) is 12.8. The van der Waals surface area contributed by atoms with E-state index in [1.54, 1.807) is 36.0 Å². The quantitative estimate of drug-likeness (QED) is 0.765. The van der Waals surface area contributed by atoms with Gasteiger partial charge in [-0.2, -0.15) is 5.10 Å². The van der Waals surface area contributed by atoms with Crippen molar-refractivity contribution in [3.05, 3.63) is 30.1 Å². The van der Waals surface area contributed by atoms with E-state index in [1.165, 1.54) is 0 Å². The average molecular weight is 265 g/mol. The second kappa shape index (κ2) is 6.72. The van der Waals surface area contributed by atoms with Gasteiger partial charge < -0.3 is 10.4 Å². The van der Waals surface area contributed by atoms with Crippen molar-refractivity contribution >= 4 is 11.9 Å². The van der Waals surface area contributed by atoms with Gasteiger partial charge in [-0.05, 0) is 33.3 Å². The first-order valence-corrected chi connectivity index (χ1v) is 6.15. The Morgan fingerprint density at radius 1 is 1.53 bits per heavy atom. The van der Waals surface area contributed by atoms with Gasteiger partial charge in [0.05, 0.1) is 0 Å². The number of nitrogens with one attached hydrogen (secondary N) is 1. The van der Waals surface area contributed by atoms with E-state index in [0.717, 1.165) is 0 Å². The molecule has 0 aromatic carbocycles. The third kappa shape index (κ3) is 4.24. The van der Waals surface area contributed by atoms with Crippen molar-refractivity contribution in [1.29, 1.82) is 0 Å². The highest BCUT2D eigenvalue weighted by Crippen LogP contribution is 2.05. The number of nitrogens with zero attached hydrogens (tertiary/aromatic N) is 2.